The molecule has 0 aromatic heterocycles. The van der Waals surface area contributed by atoms with E-state index in [1.807, 2.05) is 12.1 Å². The minimum Gasteiger partial charge on any atom is -0.207 e. The smallest absolute Gasteiger partial charge is 0.123 e. The Morgan fingerprint density at radius 1 is 1.16 bits per heavy atom. The summed E-state index contributed by atoms with van der Waals surface area (Å²) in [7, 11) is 0. The highest BCUT2D eigenvalue weighted by Gasteiger charge is 2.26. The zero-order chi connectivity index (χ0) is 13.7. The summed E-state index contributed by atoms with van der Waals surface area (Å²) in [4.78, 5) is 0.389. The first kappa shape index (κ1) is 15.0. The van der Waals surface area contributed by atoms with Crippen molar-refractivity contribution in [3.63, 3.8) is 0 Å². The highest BCUT2D eigenvalue weighted by molar-refractivity contribution is 9.09. The fourth-order valence-electron chi connectivity index (χ4n) is 3.18. The van der Waals surface area contributed by atoms with E-state index < -0.39 is 0 Å². The van der Waals surface area contributed by atoms with Gasteiger partial charge in [0.25, 0.3) is 0 Å². The van der Waals surface area contributed by atoms with E-state index in [0.717, 1.165) is 5.92 Å². The van der Waals surface area contributed by atoms with Crippen LogP contribution in [0.2, 0.25) is 0 Å². The van der Waals surface area contributed by atoms with Crippen LogP contribution in [-0.2, 0) is 0 Å². The Balaban J connectivity index is 1.85. The summed E-state index contributed by atoms with van der Waals surface area (Å²) in [6.45, 7) is 2.27. The highest BCUT2D eigenvalue weighted by Crippen LogP contribution is 2.42. The third-order valence-corrected chi connectivity index (χ3v) is 5.74. The SMILES string of the molecule is CCCCC1CCC(C(Br)c2ccc(F)cc2)CC1. The monoisotopic (exact) mass is 326 g/mol. The van der Waals surface area contributed by atoms with Crippen LogP contribution in [0.5, 0.6) is 0 Å². The molecule has 1 aromatic rings. The van der Waals surface area contributed by atoms with E-state index in [9.17, 15) is 4.39 Å². The lowest BCUT2D eigenvalue weighted by molar-refractivity contribution is 0.257. The third kappa shape index (κ3) is 4.30. The molecular weight excluding hydrogens is 303 g/mol. The lowest BCUT2D eigenvalue weighted by Gasteiger charge is -2.31. The van der Waals surface area contributed by atoms with Crippen LogP contribution >= 0.6 is 15.9 Å². The normalized spacial score (nSPS) is 25.2. The molecule has 1 atom stereocenters. The van der Waals surface area contributed by atoms with E-state index >= 15 is 0 Å². The second kappa shape index (κ2) is 7.42. The predicted molar refractivity (Wildman–Crippen MR) is 83.0 cm³/mol. The molecule has 0 saturated heterocycles. The van der Waals surface area contributed by atoms with Gasteiger partial charge < -0.3 is 0 Å². The van der Waals surface area contributed by atoms with Crippen LogP contribution in [0.25, 0.3) is 0 Å². The van der Waals surface area contributed by atoms with Gasteiger partial charge in [0.05, 0.1) is 0 Å². The summed E-state index contributed by atoms with van der Waals surface area (Å²) in [5, 5.41) is 0. The number of halogens is 2. The summed E-state index contributed by atoms with van der Waals surface area (Å²) >= 11 is 3.82. The summed E-state index contributed by atoms with van der Waals surface area (Å²) < 4.78 is 12.9. The van der Waals surface area contributed by atoms with Crippen LogP contribution < -0.4 is 0 Å². The molecular formula is C17H24BrF. The Hall–Kier alpha value is -0.370. The van der Waals surface area contributed by atoms with Crippen molar-refractivity contribution in [1.29, 1.82) is 0 Å². The minimum absolute atomic E-state index is 0.147. The summed E-state index contributed by atoms with van der Waals surface area (Å²) in [5.74, 6) is 1.51. The van der Waals surface area contributed by atoms with Gasteiger partial charge in [-0.2, -0.15) is 0 Å². The Labute approximate surface area is 124 Å². The van der Waals surface area contributed by atoms with Gasteiger partial charge in [-0.1, -0.05) is 67.1 Å². The van der Waals surface area contributed by atoms with E-state index in [0.29, 0.717) is 10.7 Å². The van der Waals surface area contributed by atoms with Crippen molar-refractivity contribution in [2.75, 3.05) is 0 Å². The van der Waals surface area contributed by atoms with Gasteiger partial charge in [-0.05, 0) is 42.4 Å². The van der Waals surface area contributed by atoms with E-state index in [-0.39, 0.29) is 5.82 Å². The van der Waals surface area contributed by atoms with Crippen molar-refractivity contribution in [1.82, 2.24) is 0 Å². The lowest BCUT2D eigenvalue weighted by atomic mass is 9.77. The van der Waals surface area contributed by atoms with Gasteiger partial charge >= 0.3 is 0 Å². The van der Waals surface area contributed by atoms with Gasteiger partial charge in [-0.15, -0.1) is 0 Å². The van der Waals surface area contributed by atoms with Gasteiger partial charge in [0.1, 0.15) is 5.82 Å². The van der Waals surface area contributed by atoms with Crippen LogP contribution in [0.3, 0.4) is 0 Å². The van der Waals surface area contributed by atoms with Gasteiger partial charge in [0.15, 0.2) is 0 Å². The second-order valence-corrected chi connectivity index (χ2v) is 6.86. The van der Waals surface area contributed by atoms with E-state index in [1.165, 1.54) is 50.5 Å². The molecule has 1 saturated carbocycles. The highest BCUT2D eigenvalue weighted by atomic mass is 79.9. The first-order chi connectivity index (χ1) is 9.20. The van der Waals surface area contributed by atoms with E-state index in [2.05, 4.69) is 22.9 Å². The molecule has 106 valence electrons. The number of hydrogen-bond acceptors (Lipinski definition) is 0. The molecule has 0 bridgehead atoms. The van der Waals surface area contributed by atoms with Crippen LogP contribution in [-0.4, -0.2) is 0 Å². The Morgan fingerprint density at radius 3 is 2.37 bits per heavy atom. The van der Waals surface area contributed by atoms with Crippen molar-refractivity contribution < 1.29 is 4.39 Å². The molecule has 0 spiro atoms. The molecule has 0 heterocycles. The van der Waals surface area contributed by atoms with Crippen molar-refractivity contribution >= 4 is 15.9 Å². The molecule has 19 heavy (non-hydrogen) atoms. The zero-order valence-corrected chi connectivity index (χ0v) is 13.3. The Bertz CT molecular complexity index is 365. The molecule has 1 unspecified atom stereocenters. The average molecular weight is 327 g/mol. The molecule has 0 N–H and O–H groups in total. The molecule has 0 nitrogen and oxygen atoms in total. The lowest BCUT2D eigenvalue weighted by Crippen LogP contribution is -2.18. The molecule has 1 fully saturated rings. The van der Waals surface area contributed by atoms with Crippen LogP contribution in [0.4, 0.5) is 4.39 Å². The molecule has 0 amide bonds. The second-order valence-electron chi connectivity index (χ2n) is 5.88. The summed E-state index contributed by atoms with van der Waals surface area (Å²) in [5.41, 5.74) is 1.22. The number of hydrogen-bond donors (Lipinski definition) is 0. The van der Waals surface area contributed by atoms with Crippen molar-refractivity contribution in [3.05, 3.63) is 35.6 Å². The minimum atomic E-state index is -0.147. The van der Waals surface area contributed by atoms with Crippen LogP contribution in [0.15, 0.2) is 24.3 Å². The summed E-state index contributed by atoms with van der Waals surface area (Å²) in [6.07, 6.45) is 9.46. The number of rotatable bonds is 5. The Morgan fingerprint density at radius 2 is 1.79 bits per heavy atom. The summed E-state index contributed by atoms with van der Waals surface area (Å²) in [6, 6.07) is 6.96. The van der Waals surface area contributed by atoms with Crippen LogP contribution in [0, 0.1) is 17.7 Å². The Kier molecular flexibility index (Phi) is 5.87. The predicted octanol–water partition coefficient (Wildman–Crippen LogP) is 6.26. The maximum Gasteiger partial charge on any atom is 0.123 e. The first-order valence-electron chi connectivity index (χ1n) is 7.60. The zero-order valence-electron chi connectivity index (χ0n) is 11.7. The molecule has 0 aliphatic heterocycles. The van der Waals surface area contributed by atoms with E-state index in [1.54, 1.807) is 12.1 Å². The number of benzene rings is 1. The molecule has 2 rings (SSSR count). The molecule has 0 radical (unpaired) electrons. The van der Waals surface area contributed by atoms with Crippen molar-refractivity contribution in [2.45, 2.75) is 56.7 Å². The molecule has 1 aliphatic carbocycles. The fourth-order valence-corrected chi connectivity index (χ4v) is 4.02. The van der Waals surface area contributed by atoms with E-state index in [4.69, 9.17) is 0 Å². The average Bonchev–Trinajstić information content (AvgIpc) is 2.46. The topological polar surface area (TPSA) is 0 Å². The fraction of sp³-hybridized carbons (Fsp3) is 0.647. The first-order valence-corrected chi connectivity index (χ1v) is 8.51. The number of unbranched alkanes of at least 4 members (excludes halogenated alkanes) is 1. The molecule has 1 aliphatic rings. The molecule has 2 heteroatoms. The van der Waals surface area contributed by atoms with Gasteiger partial charge in [-0.25, -0.2) is 4.39 Å². The molecule has 1 aromatic carbocycles. The maximum absolute atomic E-state index is 12.9. The van der Waals surface area contributed by atoms with Crippen molar-refractivity contribution in [3.8, 4) is 0 Å². The third-order valence-electron chi connectivity index (χ3n) is 4.46. The van der Waals surface area contributed by atoms with Gasteiger partial charge in [0, 0.05) is 4.83 Å². The standard InChI is InChI=1S/C17H24BrF/c1-2-3-4-13-5-7-14(8-6-13)17(18)15-9-11-16(19)12-10-15/h9-14,17H,2-8H2,1H3. The maximum atomic E-state index is 12.9. The van der Waals surface area contributed by atoms with Gasteiger partial charge in [0.2, 0.25) is 0 Å². The van der Waals surface area contributed by atoms with Gasteiger partial charge in [-0.3, -0.25) is 0 Å². The quantitative estimate of drug-likeness (QED) is 0.560. The van der Waals surface area contributed by atoms with Crippen molar-refractivity contribution in [2.24, 2.45) is 11.8 Å². The van der Waals surface area contributed by atoms with Crippen LogP contribution in [0.1, 0.15) is 62.3 Å². The number of alkyl halides is 1. The largest absolute Gasteiger partial charge is 0.207 e.